The fourth-order valence-electron chi connectivity index (χ4n) is 1.24. The summed E-state index contributed by atoms with van der Waals surface area (Å²) in [5.74, 6) is 0.781. The van der Waals surface area contributed by atoms with Crippen molar-refractivity contribution in [3.8, 4) is 0 Å². The van der Waals surface area contributed by atoms with Crippen molar-refractivity contribution in [3.63, 3.8) is 0 Å². The van der Waals surface area contributed by atoms with Crippen LogP contribution in [0.25, 0.3) is 0 Å². The quantitative estimate of drug-likeness (QED) is 0.686. The predicted molar refractivity (Wildman–Crippen MR) is 61.0 cm³/mol. The van der Waals surface area contributed by atoms with Crippen molar-refractivity contribution < 1.29 is 0 Å². The van der Waals surface area contributed by atoms with Gasteiger partial charge in [-0.05, 0) is 30.4 Å². The highest BCUT2D eigenvalue weighted by Gasteiger charge is 2.07. The zero-order chi connectivity index (χ0) is 9.68. The molecule has 0 saturated carbocycles. The number of rotatable bonds is 4. The van der Waals surface area contributed by atoms with E-state index in [2.05, 4.69) is 48.0 Å². The van der Waals surface area contributed by atoms with Crippen LogP contribution in [-0.2, 0) is 0 Å². The largest absolute Gasteiger partial charge is 0.0839 e. The average molecular weight is 240 g/mol. The lowest BCUT2D eigenvalue weighted by Gasteiger charge is -2.10. The minimum absolute atomic E-state index is 0.469. The maximum absolute atomic E-state index is 3.68. The number of benzene rings is 1. The van der Waals surface area contributed by atoms with E-state index in [0.29, 0.717) is 4.83 Å². The second kappa shape index (κ2) is 5.43. The molecule has 0 aliphatic carbocycles. The molecule has 1 rings (SSSR count). The molecule has 0 bridgehead atoms. The van der Waals surface area contributed by atoms with Crippen LogP contribution >= 0.6 is 15.9 Å². The van der Waals surface area contributed by atoms with Crippen LogP contribution in [0, 0.1) is 12.0 Å². The van der Waals surface area contributed by atoms with Gasteiger partial charge in [0.1, 0.15) is 0 Å². The van der Waals surface area contributed by atoms with Gasteiger partial charge in [0.15, 0.2) is 0 Å². The van der Waals surface area contributed by atoms with Crippen LogP contribution in [0.15, 0.2) is 24.3 Å². The Morgan fingerprint density at radius 1 is 1.31 bits per heavy atom. The van der Waals surface area contributed by atoms with Gasteiger partial charge in [0.05, 0.1) is 0 Å². The summed E-state index contributed by atoms with van der Waals surface area (Å²) in [4.78, 5) is 0.469. The molecule has 0 aromatic heterocycles. The number of hydrogen-bond acceptors (Lipinski definition) is 0. The van der Waals surface area contributed by atoms with Crippen LogP contribution in [-0.4, -0.2) is 0 Å². The second-order valence-corrected chi connectivity index (χ2v) is 4.86. The molecule has 0 amide bonds. The maximum Gasteiger partial charge on any atom is 0.0401 e. The molecule has 1 aromatic carbocycles. The Morgan fingerprint density at radius 2 is 2.08 bits per heavy atom. The first-order valence-corrected chi connectivity index (χ1v) is 5.72. The molecule has 0 spiro atoms. The van der Waals surface area contributed by atoms with E-state index in [0.717, 1.165) is 5.92 Å². The number of halogens is 1. The summed E-state index contributed by atoms with van der Waals surface area (Å²) in [5, 5.41) is 0. The Bertz CT molecular complexity index is 228. The van der Waals surface area contributed by atoms with Gasteiger partial charge >= 0.3 is 0 Å². The van der Waals surface area contributed by atoms with E-state index in [-0.39, 0.29) is 0 Å². The third kappa shape index (κ3) is 3.95. The Morgan fingerprint density at radius 3 is 2.62 bits per heavy atom. The number of hydrogen-bond donors (Lipinski definition) is 0. The Hall–Kier alpha value is -0.300. The lowest BCUT2D eigenvalue weighted by atomic mass is 10.0. The van der Waals surface area contributed by atoms with E-state index in [9.17, 15) is 0 Å². The van der Waals surface area contributed by atoms with E-state index >= 15 is 0 Å². The van der Waals surface area contributed by atoms with Gasteiger partial charge in [-0.1, -0.05) is 54.0 Å². The van der Waals surface area contributed by atoms with Gasteiger partial charge in [0, 0.05) is 4.83 Å². The maximum atomic E-state index is 3.68. The molecule has 1 aromatic rings. The summed E-state index contributed by atoms with van der Waals surface area (Å²) in [5.41, 5.74) is 1.27. The smallest absolute Gasteiger partial charge is 0.0401 e. The van der Waals surface area contributed by atoms with Crippen molar-refractivity contribution in [1.82, 2.24) is 0 Å². The summed E-state index contributed by atoms with van der Waals surface area (Å²) >= 11 is 3.68. The molecular weight excluding hydrogens is 224 g/mol. The van der Waals surface area contributed by atoms with Crippen molar-refractivity contribution in [2.75, 3.05) is 0 Å². The third-order valence-corrected chi connectivity index (χ3v) is 3.02. The van der Waals surface area contributed by atoms with E-state index in [1.165, 1.54) is 18.4 Å². The first kappa shape index (κ1) is 10.8. The van der Waals surface area contributed by atoms with Crippen LogP contribution in [0.1, 0.15) is 37.1 Å². The lowest BCUT2D eigenvalue weighted by molar-refractivity contribution is 0.554. The predicted octanol–water partition coefficient (Wildman–Crippen LogP) is 4.36. The first-order chi connectivity index (χ1) is 6.20. The molecule has 0 nitrogen and oxygen atoms in total. The molecule has 0 heterocycles. The van der Waals surface area contributed by atoms with Crippen LogP contribution in [0.3, 0.4) is 0 Å². The first-order valence-electron chi connectivity index (χ1n) is 4.81. The van der Waals surface area contributed by atoms with E-state index in [4.69, 9.17) is 0 Å². The summed E-state index contributed by atoms with van der Waals surface area (Å²) in [6.45, 7) is 4.52. The van der Waals surface area contributed by atoms with Gasteiger partial charge in [0.25, 0.3) is 0 Å². The van der Waals surface area contributed by atoms with E-state index in [1.54, 1.807) is 0 Å². The van der Waals surface area contributed by atoms with E-state index in [1.807, 2.05) is 12.1 Å². The Kier molecular flexibility index (Phi) is 4.51. The second-order valence-electron chi connectivity index (χ2n) is 3.76. The zero-order valence-corrected chi connectivity index (χ0v) is 9.84. The monoisotopic (exact) mass is 239 g/mol. The average Bonchev–Trinajstić information content (AvgIpc) is 2.15. The summed E-state index contributed by atoms with van der Waals surface area (Å²) in [7, 11) is 0. The molecule has 0 N–H and O–H groups in total. The SMILES string of the molecule is CC(C)CCC(Br)c1[c]cccc1. The van der Waals surface area contributed by atoms with Gasteiger partial charge in [-0.15, -0.1) is 0 Å². The molecule has 0 fully saturated rings. The molecular formula is C12H16Br. The van der Waals surface area contributed by atoms with Gasteiger partial charge in [-0.3, -0.25) is 0 Å². The summed E-state index contributed by atoms with van der Waals surface area (Å²) < 4.78 is 0. The fourth-order valence-corrected chi connectivity index (χ4v) is 1.79. The zero-order valence-electron chi connectivity index (χ0n) is 8.26. The standard InChI is InChI=1S/C12H16Br/c1-10(2)8-9-12(13)11-6-4-3-5-7-11/h3-6,10,12H,8-9H2,1-2H3. The van der Waals surface area contributed by atoms with Crippen LogP contribution < -0.4 is 0 Å². The number of alkyl halides is 1. The van der Waals surface area contributed by atoms with Gasteiger partial charge in [-0.25, -0.2) is 0 Å². The van der Waals surface area contributed by atoms with Gasteiger partial charge < -0.3 is 0 Å². The van der Waals surface area contributed by atoms with Crippen LogP contribution in [0.2, 0.25) is 0 Å². The fraction of sp³-hybridized carbons (Fsp3) is 0.500. The van der Waals surface area contributed by atoms with Crippen molar-refractivity contribution in [2.45, 2.75) is 31.5 Å². The molecule has 71 valence electrons. The van der Waals surface area contributed by atoms with E-state index < -0.39 is 0 Å². The highest BCUT2D eigenvalue weighted by molar-refractivity contribution is 9.09. The van der Waals surface area contributed by atoms with Crippen molar-refractivity contribution >= 4 is 15.9 Å². The van der Waals surface area contributed by atoms with Crippen molar-refractivity contribution in [1.29, 1.82) is 0 Å². The molecule has 13 heavy (non-hydrogen) atoms. The molecule has 1 atom stereocenters. The summed E-state index contributed by atoms with van der Waals surface area (Å²) in [6, 6.07) is 11.4. The van der Waals surface area contributed by atoms with Crippen molar-refractivity contribution in [2.24, 2.45) is 5.92 Å². The Balaban J connectivity index is 2.44. The molecule has 1 radical (unpaired) electrons. The Labute approximate surface area is 89.5 Å². The van der Waals surface area contributed by atoms with Crippen molar-refractivity contribution in [3.05, 3.63) is 35.9 Å². The van der Waals surface area contributed by atoms with Gasteiger partial charge in [0.2, 0.25) is 0 Å². The van der Waals surface area contributed by atoms with Crippen LogP contribution in [0.5, 0.6) is 0 Å². The topological polar surface area (TPSA) is 0 Å². The minimum atomic E-state index is 0.469. The summed E-state index contributed by atoms with van der Waals surface area (Å²) in [6.07, 6.45) is 2.46. The highest BCUT2D eigenvalue weighted by Crippen LogP contribution is 2.28. The molecule has 0 aliphatic rings. The molecule has 1 heteroatoms. The van der Waals surface area contributed by atoms with Gasteiger partial charge in [-0.2, -0.15) is 0 Å². The lowest BCUT2D eigenvalue weighted by Crippen LogP contribution is -1.93. The minimum Gasteiger partial charge on any atom is -0.0839 e. The van der Waals surface area contributed by atoms with Crippen LogP contribution in [0.4, 0.5) is 0 Å². The highest BCUT2D eigenvalue weighted by atomic mass is 79.9. The normalized spacial score (nSPS) is 13.2. The molecule has 0 saturated heterocycles. The molecule has 0 aliphatic heterocycles. The molecule has 1 unspecified atom stereocenters. The third-order valence-electron chi connectivity index (χ3n) is 2.07.